The summed E-state index contributed by atoms with van der Waals surface area (Å²) in [6.45, 7) is 3.81. The molecule has 1 atom stereocenters. The molecule has 0 aromatic carbocycles. The second-order valence-corrected chi connectivity index (χ2v) is 3.90. The van der Waals surface area contributed by atoms with Gasteiger partial charge in [0.1, 0.15) is 12.1 Å². The Labute approximate surface area is 90.1 Å². The SMILES string of the molecule is Cc1cc(NCCC2CCCO2)ncn1. The van der Waals surface area contributed by atoms with Crippen LogP contribution in [0.15, 0.2) is 12.4 Å². The predicted octanol–water partition coefficient (Wildman–Crippen LogP) is 1.77. The Bertz CT molecular complexity index is 310. The zero-order valence-electron chi connectivity index (χ0n) is 9.07. The van der Waals surface area contributed by atoms with Gasteiger partial charge in [-0.05, 0) is 26.2 Å². The minimum Gasteiger partial charge on any atom is -0.378 e. The molecule has 4 heteroatoms. The fourth-order valence-corrected chi connectivity index (χ4v) is 1.78. The summed E-state index contributed by atoms with van der Waals surface area (Å²) in [6, 6.07) is 1.95. The predicted molar refractivity (Wildman–Crippen MR) is 58.8 cm³/mol. The van der Waals surface area contributed by atoms with Crippen LogP contribution in [0.1, 0.15) is 25.0 Å². The molecule has 0 bridgehead atoms. The lowest BCUT2D eigenvalue weighted by atomic mass is 10.2. The molecule has 1 unspecified atom stereocenters. The highest BCUT2D eigenvalue weighted by atomic mass is 16.5. The maximum Gasteiger partial charge on any atom is 0.129 e. The Kier molecular flexibility index (Phi) is 3.50. The minimum absolute atomic E-state index is 0.445. The summed E-state index contributed by atoms with van der Waals surface area (Å²) in [5, 5.41) is 3.28. The molecule has 2 rings (SSSR count). The van der Waals surface area contributed by atoms with Gasteiger partial charge in [-0.15, -0.1) is 0 Å². The molecule has 1 aliphatic heterocycles. The highest BCUT2D eigenvalue weighted by molar-refractivity contribution is 5.34. The molecule has 82 valence electrons. The van der Waals surface area contributed by atoms with Gasteiger partial charge in [-0.3, -0.25) is 0 Å². The third-order valence-electron chi connectivity index (χ3n) is 2.60. The molecule has 1 N–H and O–H groups in total. The van der Waals surface area contributed by atoms with Crippen molar-refractivity contribution in [2.75, 3.05) is 18.5 Å². The second kappa shape index (κ2) is 5.07. The van der Waals surface area contributed by atoms with E-state index >= 15 is 0 Å². The van der Waals surface area contributed by atoms with Crippen LogP contribution >= 0.6 is 0 Å². The molecule has 1 fully saturated rings. The van der Waals surface area contributed by atoms with E-state index in [2.05, 4.69) is 15.3 Å². The molecular weight excluding hydrogens is 190 g/mol. The van der Waals surface area contributed by atoms with Crippen molar-refractivity contribution in [3.05, 3.63) is 18.1 Å². The third kappa shape index (κ3) is 3.16. The smallest absolute Gasteiger partial charge is 0.129 e. The Morgan fingerprint density at radius 1 is 1.53 bits per heavy atom. The summed E-state index contributed by atoms with van der Waals surface area (Å²) in [7, 11) is 0. The highest BCUT2D eigenvalue weighted by Gasteiger charge is 2.14. The van der Waals surface area contributed by atoms with Crippen molar-refractivity contribution in [2.45, 2.75) is 32.3 Å². The van der Waals surface area contributed by atoms with E-state index in [1.165, 1.54) is 12.8 Å². The van der Waals surface area contributed by atoms with Gasteiger partial charge >= 0.3 is 0 Å². The zero-order chi connectivity index (χ0) is 10.5. The summed E-state index contributed by atoms with van der Waals surface area (Å²) < 4.78 is 5.54. The van der Waals surface area contributed by atoms with Gasteiger partial charge in [-0.1, -0.05) is 0 Å². The van der Waals surface area contributed by atoms with Crippen LogP contribution in [0, 0.1) is 6.92 Å². The number of hydrogen-bond acceptors (Lipinski definition) is 4. The molecule has 0 spiro atoms. The van der Waals surface area contributed by atoms with E-state index in [1.807, 2.05) is 13.0 Å². The van der Waals surface area contributed by atoms with E-state index in [4.69, 9.17) is 4.74 Å². The lowest BCUT2D eigenvalue weighted by molar-refractivity contribution is 0.107. The Morgan fingerprint density at radius 2 is 2.47 bits per heavy atom. The Morgan fingerprint density at radius 3 is 3.20 bits per heavy atom. The number of anilines is 1. The lowest BCUT2D eigenvalue weighted by Crippen LogP contribution is -2.13. The fourth-order valence-electron chi connectivity index (χ4n) is 1.78. The molecule has 1 aliphatic rings. The number of nitrogens with one attached hydrogen (secondary N) is 1. The summed E-state index contributed by atoms with van der Waals surface area (Å²) in [4.78, 5) is 8.19. The molecule has 1 aromatic heterocycles. The largest absolute Gasteiger partial charge is 0.378 e. The first-order chi connectivity index (χ1) is 7.34. The number of aryl methyl sites for hydroxylation is 1. The number of nitrogens with zero attached hydrogens (tertiary/aromatic N) is 2. The van der Waals surface area contributed by atoms with E-state index in [-0.39, 0.29) is 0 Å². The lowest BCUT2D eigenvalue weighted by Gasteiger charge is -2.10. The van der Waals surface area contributed by atoms with Crippen molar-refractivity contribution in [1.29, 1.82) is 0 Å². The molecular formula is C11H17N3O. The number of ether oxygens (including phenoxy) is 1. The monoisotopic (exact) mass is 207 g/mol. The number of hydrogen-bond donors (Lipinski definition) is 1. The van der Waals surface area contributed by atoms with E-state index in [9.17, 15) is 0 Å². The molecule has 1 aromatic rings. The Hall–Kier alpha value is -1.16. The van der Waals surface area contributed by atoms with Crippen LogP contribution in [0.2, 0.25) is 0 Å². The van der Waals surface area contributed by atoms with E-state index in [0.29, 0.717) is 6.10 Å². The fraction of sp³-hybridized carbons (Fsp3) is 0.636. The minimum atomic E-state index is 0.445. The highest BCUT2D eigenvalue weighted by Crippen LogP contribution is 2.15. The maximum absolute atomic E-state index is 5.54. The second-order valence-electron chi connectivity index (χ2n) is 3.90. The summed E-state index contributed by atoms with van der Waals surface area (Å²) in [5.41, 5.74) is 0.990. The molecule has 1 saturated heterocycles. The topological polar surface area (TPSA) is 47.0 Å². The summed E-state index contributed by atoms with van der Waals surface area (Å²) in [6.07, 6.45) is 5.49. The van der Waals surface area contributed by atoms with Crippen LogP contribution in [0.5, 0.6) is 0 Å². The first-order valence-corrected chi connectivity index (χ1v) is 5.49. The summed E-state index contributed by atoms with van der Waals surface area (Å²) in [5.74, 6) is 0.903. The van der Waals surface area contributed by atoms with Gasteiger partial charge in [-0.2, -0.15) is 0 Å². The van der Waals surface area contributed by atoms with Gasteiger partial charge in [-0.25, -0.2) is 9.97 Å². The van der Waals surface area contributed by atoms with Crippen LogP contribution in [0.25, 0.3) is 0 Å². The van der Waals surface area contributed by atoms with Crippen LogP contribution in [0.4, 0.5) is 5.82 Å². The Balaban J connectivity index is 1.73. The third-order valence-corrected chi connectivity index (χ3v) is 2.60. The van der Waals surface area contributed by atoms with Gasteiger partial charge in [0.2, 0.25) is 0 Å². The average molecular weight is 207 g/mol. The first-order valence-electron chi connectivity index (χ1n) is 5.49. The molecule has 0 aliphatic carbocycles. The van der Waals surface area contributed by atoms with Gasteiger partial charge < -0.3 is 10.1 Å². The van der Waals surface area contributed by atoms with E-state index in [0.717, 1.165) is 31.1 Å². The van der Waals surface area contributed by atoms with E-state index in [1.54, 1.807) is 6.33 Å². The molecule has 0 radical (unpaired) electrons. The van der Waals surface area contributed by atoms with Gasteiger partial charge in [0, 0.05) is 24.9 Å². The van der Waals surface area contributed by atoms with Crippen LogP contribution in [-0.4, -0.2) is 29.2 Å². The van der Waals surface area contributed by atoms with Crippen molar-refractivity contribution in [3.63, 3.8) is 0 Å². The van der Waals surface area contributed by atoms with Crippen molar-refractivity contribution in [2.24, 2.45) is 0 Å². The molecule has 2 heterocycles. The van der Waals surface area contributed by atoms with Crippen molar-refractivity contribution < 1.29 is 4.74 Å². The molecule has 0 amide bonds. The van der Waals surface area contributed by atoms with Crippen molar-refractivity contribution >= 4 is 5.82 Å². The van der Waals surface area contributed by atoms with Crippen LogP contribution in [-0.2, 0) is 4.74 Å². The number of aromatic nitrogens is 2. The molecule has 0 saturated carbocycles. The van der Waals surface area contributed by atoms with Crippen LogP contribution in [0.3, 0.4) is 0 Å². The van der Waals surface area contributed by atoms with Gasteiger partial charge in [0.05, 0.1) is 6.10 Å². The first kappa shape index (κ1) is 10.4. The van der Waals surface area contributed by atoms with Crippen molar-refractivity contribution in [3.8, 4) is 0 Å². The van der Waals surface area contributed by atoms with Gasteiger partial charge in [0.25, 0.3) is 0 Å². The van der Waals surface area contributed by atoms with E-state index < -0.39 is 0 Å². The van der Waals surface area contributed by atoms with Crippen LogP contribution < -0.4 is 5.32 Å². The molecule has 15 heavy (non-hydrogen) atoms. The quantitative estimate of drug-likeness (QED) is 0.817. The normalized spacial score (nSPS) is 20.5. The van der Waals surface area contributed by atoms with Crippen molar-refractivity contribution in [1.82, 2.24) is 9.97 Å². The number of rotatable bonds is 4. The van der Waals surface area contributed by atoms with Gasteiger partial charge in [0.15, 0.2) is 0 Å². The standard InChI is InChI=1S/C11H17N3O/c1-9-7-11(14-8-13-9)12-5-4-10-3-2-6-15-10/h7-8,10H,2-6H2,1H3,(H,12,13,14). The molecule has 4 nitrogen and oxygen atoms in total. The summed E-state index contributed by atoms with van der Waals surface area (Å²) >= 11 is 0. The zero-order valence-corrected chi connectivity index (χ0v) is 9.07. The maximum atomic E-state index is 5.54. The average Bonchev–Trinajstić information content (AvgIpc) is 2.71.